The molecule has 3 rings (SSSR count). The van der Waals surface area contributed by atoms with Gasteiger partial charge in [-0.05, 0) is 60.7 Å². The fourth-order valence-electron chi connectivity index (χ4n) is 2.23. The highest BCUT2D eigenvalue weighted by Gasteiger charge is 2.14. The molecule has 0 bridgehead atoms. The Morgan fingerprint density at radius 2 is 1.00 bits per heavy atom. The number of carbonyl (C=O) groups is 2. The first-order valence-electron chi connectivity index (χ1n) is 7.90. The van der Waals surface area contributed by atoms with Gasteiger partial charge in [0.25, 0.3) is 0 Å². The molecule has 0 heterocycles. The number of rotatable bonds is 4. The lowest BCUT2D eigenvalue weighted by atomic mass is 10.2. The molecule has 0 radical (unpaired) electrons. The van der Waals surface area contributed by atoms with Crippen LogP contribution in [0.3, 0.4) is 0 Å². The van der Waals surface area contributed by atoms with Crippen LogP contribution in [0, 0.1) is 5.82 Å². The molecule has 0 atom stereocenters. The Hall–Kier alpha value is -3.67. The van der Waals surface area contributed by atoms with Crippen molar-refractivity contribution in [3.8, 4) is 0 Å². The number of amides is 2. The van der Waals surface area contributed by atoms with E-state index in [0.717, 1.165) is 11.4 Å². The Bertz CT molecular complexity index is 895. The molecular weight excluding hydrogens is 333 g/mol. The summed E-state index contributed by atoms with van der Waals surface area (Å²) < 4.78 is 12.8. The standard InChI is InChI=1S/C20H16FN3O2/c21-14-6-8-17(9-7-14)23-19(25)20(26)24-18-12-10-16(11-13-18)22-15-4-2-1-3-5-15/h1-13,22H,(H,23,25)(H,24,26). The summed E-state index contributed by atoms with van der Waals surface area (Å²) in [6, 6.07) is 21.8. The smallest absolute Gasteiger partial charge is 0.314 e. The molecule has 0 aromatic heterocycles. The number of benzene rings is 3. The van der Waals surface area contributed by atoms with Crippen molar-refractivity contribution in [1.82, 2.24) is 0 Å². The highest BCUT2D eigenvalue weighted by molar-refractivity contribution is 6.43. The van der Waals surface area contributed by atoms with E-state index < -0.39 is 17.6 Å². The van der Waals surface area contributed by atoms with E-state index >= 15 is 0 Å². The van der Waals surface area contributed by atoms with Crippen LogP contribution in [0.15, 0.2) is 78.9 Å². The molecule has 0 aliphatic rings. The Labute approximate surface area is 149 Å². The maximum Gasteiger partial charge on any atom is 0.314 e. The molecule has 5 nitrogen and oxygen atoms in total. The maximum absolute atomic E-state index is 12.8. The third kappa shape index (κ3) is 4.67. The van der Waals surface area contributed by atoms with Gasteiger partial charge in [-0.2, -0.15) is 0 Å². The summed E-state index contributed by atoms with van der Waals surface area (Å²) in [4.78, 5) is 23.8. The van der Waals surface area contributed by atoms with Crippen LogP contribution in [-0.2, 0) is 9.59 Å². The third-order valence-corrected chi connectivity index (χ3v) is 3.51. The summed E-state index contributed by atoms with van der Waals surface area (Å²) >= 11 is 0. The van der Waals surface area contributed by atoms with Crippen LogP contribution in [0.1, 0.15) is 0 Å². The summed E-state index contributed by atoms with van der Waals surface area (Å²) in [7, 11) is 0. The van der Waals surface area contributed by atoms with Crippen LogP contribution < -0.4 is 16.0 Å². The summed E-state index contributed by atoms with van der Waals surface area (Å²) in [5, 5.41) is 8.14. The van der Waals surface area contributed by atoms with E-state index in [1.807, 2.05) is 30.3 Å². The predicted octanol–water partition coefficient (Wildman–Crippen LogP) is 4.15. The van der Waals surface area contributed by atoms with Gasteiger partial charge in [0.1, 0.15) is 5.82 Å². The minimum atomic E-state index is -0.830. The minimum absolute atomic E-state index is 0.342. The van der Waals surface area contributed by atoms with Gasteiger partial charge in [0.05, 0.1) is 0 Å². The Balaban J connectivity index is 1.57. The van der Waals surface area contributed by atoms with Crippen molar-refractivity contribution in [1.29, 1.82) is 0 Å². The molecule has 3 N–H and O–H groups in total. The summed E-state index contributed by atoms with van der Waals surface area (Å²) in [6.07, 6.45) is 0. The van der Waals surface area contributed by atoms with Gasteiger partial charge < -0.3 is 16.0 Å². The first-order chi connectivity index (χ1) is 12.6. The van der Waals surface area contributed by atoms with Crippen molar-refractivity contribution in [2.45, 2.75) is 0 Å². The minimum Gasteiger partial charge on any atom is -0.356 e. The fraction of sp³-hybridized carbons (Fsp3) is 0. The largest absolute Gasteiger partial charge is 0.356 e. The molecule has 0 unspecified atom stereocenters. The van der Waals surface area contributed by atoms with E-state index in [-0.39, 0.29) is 0 Å². The van der Waals surface area contributed by atoms with Crippen molar-refractivity contribution in [2.75, 3.05) is 16.0 Å². The van der Waals surface area contributed by atoms with Crippen LogP contribution in [0.5, 0.6) is 0 Å². The SMILES string of the molecule is O=C(Nc1ccc(F)cc1)C(=O)Nc1ccc(Nc2ccccc2)cc1. The molecule has 26 heavy (non-hydrogen) atoms. The molecule has 0 aliphatic carbocycles. The highest BCUT2D eigenvalue weighted by atomic mass is 19.1. The van der Waals surface area contributed by atoms with Crippen molar-refractivity contribution in [3.63, 3.8) is 0 Å². The second kappa shape index (κ2) is 7.94. The Morgan fingerprint density at radius 1 is 0.577 bits per heavy atom. The first-order valence-corrected chi connectivity index (χ1v) is 7.90. The van der Waals surface area contributed by atoms with E-state index in [0.29, 0.717) is 11.4 Å². The monoisotopic (exact) mass is 349 g/mol. The van der Waals surface area contributed by atoms with Crippen molar-refractivity contribution >= 4 is 34.6 Å². The lowest BCUT2D eigenvalue weighted by Crippen LogP contribution is -2.29. The van der Waals surface area contributed by atoms with Crippen LogP contribution in [0.25, 0.3) is 0 Å². The zero-order chi connectivity index (χ0) is 18.4. The highest BCUT2D eigenvalue weighted by Crippen LogP contribution is 2.18. The van der Waals surface area contributed by atoms with Gasteiger partial charge in [0, 0.05) is 22.7 Å². The molecule has 0 aliphatic heterocycles. The molecule has 0 fully saturated rings. The van der Waals surface area contributed by atoms with Crippen LogP contribution >= 0.6 is 0 Å². The van der Waals surface area contributed by atoms with Crippen molar-refractivity contribution in [2.24, 2.45) is 0 Å². The molecule has 6 heteroatoms. The van der Waals surface area contributed by atoms with Gasteiger partial charge >= 0.3 is 11.8 Å². The van der Waals surface area contributed by atoms with Gasteiger partial charge in [0.15, 0.2) is 0 Å². The van der Waals surface area contributed by atoms with Crippen LogP contribution in [0.2, 0.25) is 0 Å². The number of halogens is 1. The molecule has 3 aromatic rings. The molecular formula is C20H16FN3O2. The zero-order valence-corrected chi connectivity index (χ0v) is 13.7. The van der Waals surface area contributed by atoms with Crippen LogP contribution in [-0.4, -0.2) is 11.8 Å². The quantitative estimate of drug-likeness (QED) is 0.620. The van der Waals surface area contributed by atoms with Crippen molar-refractivity contribution < 1.29 is 14.0 Å². The van der Waals surface area contributed by atoms with Gasteiger partial charge in [-0.15, -0.1) is 0 Å². The van der Waals surface area contributed by atoms with E-state index in [9.17, 15) is 14.0 Å². The topological polar surface area (TPSA) is 70.2 Å². The average molecular weight is 349 g/mol. The Kier molecular flexibility index (Phi) is 5.24. The molecule has 3 aromatic carbocycles. The number of para-hydroxylation sites is 1. The normalized spacial score (nSPS) is 10.0. The van der Waals surface area contributed by atoms with E-state index in [1.54, 1.807) is 24.3 Å². The Morgan fingerprint density at radius 3 is 1.54 bits per heavy atom. The lowest BCUT2D eigenvalue weighted by molar-refractivity contribution is -0.132. The van der Waals surface area contributed by atoms with Gasteiger partial charge in [-0.25, -0.2) is 4.39 Å². The number of anilines is 4. The summed E-state index contributed by atoms with van der Waals surface area (Å²) in [6.45, 7) is 0. The molecule has 0 saturated heterocycles. The van der Waals surface area contributed by atoms with E-state index in [4.69, 9.17) is 0 Å². The summed E-state index contributed by atoms with van der Waals surface area (Å²) in [5.41, 5.74) is 2.63. The zero-order valence-electron chi connectivity index (χ0n) is 13.7. The van der Waals surface area contributed by atoms with E-state index in [2.05, 4.69) is 16.0 Å². The maximum atomic E-state index is 12.8. The van der Waals surface area contributed by atoms with Crippen LogP contribution in [0.4, 0.5) is 27.1 Å². The molecule has 130 valence electrons. The number of hydrogen-bond donors (Lipinski definition) is 3. The lowest BCUT2D eigenvalue weighted by Gasteiger charge is -2.09. The average Bonchev–Trinajstić information content (AvgIpc) is 2.66. The fourth-order valence-corrected chi connectivity index (χ4v) is 2.23. The molecule has 0 saturated carbocycles. The second-order valence-electron chi connectivity index (χ2n) is 5.48. The van der Waals surface area contributed by atoms with E-state index in [1.165, 1.54) is 24.3 Å². The summed E-state index contributed by atoms with van der Waals surface area (Å²) in [5.74, 6) is -2.06. The van der Waals surface area contributed by atoms with Gasteiger partial charge in [-0.1, -0.05) is 18.2 Å². The number of nitrogens with one attached hydrogen (secondary N) is 3. The number of hydrogen-bond acceptors (Lipinski definition) is 3. The third-order valence-electron chi connectivity index (χ3n) is 3.51. The first kappa shape index (κ1) is 17.2. The predicted molar refractivity (Wildman–Crippen MR) is 99.8 cm³/mol. The van der Waals surface area contributed by atoms with Gasteiger partial charge in [-0.3, -0.25) is 9.59 Å². The second-order valence-corrected chi connectivity index (χ2v) is 5.48. The van der Waals surface area contributed by atoms with Crippen molar-refractivity contribution in [3.05, 3.63) is 84.7 Å². The molecule has 2 amide bonds. The number of carbonyl (C=O) groups excluding carboxylic acids is 2. The molecule has 0 spiro atoms. The van der Waals surface area contributed by atoms with Gasteiger partial charge in [0.2, 0.25) is 0 Å².